The molecule has 176 valence electrons. The van der Waals surface area contributed by atoms with Crippen LogP contribution >= 0.6 is 11.6 Å². The van der Waals surface area contributed by atoms with Crippen molar-refractivity contribution in [3.63, 3.8) is 0 Å². The summed E-state index contributed by atoms with van der Waals surface area (Å²) < 4.78 is 27.5. The number of carbonyl (C=O) groups is 2. The van der Waals surface area contributed by atoms with Gasteiger partial charge in [0.25, 0.3) is 5.91 Å². The van der Waals surface area contributed by atoms with Gasteiger partial charge < -0.3 is 10.2 Å². The summed E-state index contributed by atoms with van der Waals surface area (Å²) in [6.45, 7) is 4.94. The molecule has 0 aromatic heterocycles. The highest BCUT2D eigenvalue weighted by molar-refractivity contribution is 7.89. The van der Waals surface area contributed by atoms with Crippen LogP contribution in [0.1, 0.15) is 43.5 Å². The van der Waals surface area contributed by atoms with E-state index in [4.69, 9.17) is 11.6 Å². The van der Waals surface area contributed by atoms with Gasteiger partial charge in [0.1, 0.15) is 4.90 Å². The average molecular weight is 490 g/mol. The minimum Gasteiger partial charge on any atom is -0.350 e. The zero-order valence-electron chi connectivity index (χ0n) is 18.8. The molecule has 0 aliphatic carbocycles. The van der Waals surface area contributed by atoms with Crippen LogP contribution in [0.15, 0.2) is 53.4 Å². The van der Waals surface area contributed by atoms with Crippen molar-refractivity contribution < 1.29 is 18.0 Å². The summed E-state index contributed by atoms with van der Waals surface area (Å²) in [5, 5.41) is 3.05. The van der Waals surface area contributed by atoms with Gasteiger partial charge in [-0.05, 0) is 69.5 Å². The van der Waals surface area contributed by atoms with Gasteiger partial charge in [-0.25, -0.2) is 8.42 Å². The SMILES string of the molecule is CC(C)NC(=O)c1ccc(N2CCC3(CCN(S(=O)(=O)c4ccccc4Cl)CC3)C2=O)cc1. The molecular weight excluding hydrogens is 462 g/mol. The van der Waals surface area contributed by atoms with E-state index < -0.39 is 15.4 Å². The van der Waals surface area contributed by atoms with Crippen LogP contribution in [-0.2, 0) is 14.8 Å². The molecule has 1 N–H and O–H groups in total. The minimum absolute atomic E-state index is 0.0247. The van der Waals surface area contributed by atoms with Gasteiger partial charge in [0, 0.05) is 36.9 Å². The summed E-state index contributed by atoms with van der Waals surface area (Å²) >= 11 is 6.12. The second kappa shape index (κ2) is 9.08. The number of anilines is 1. The fraction of sp³-hybridized carbons (Fsp3) is 0.417. The van der Waals surface area contributed by atoms with Gasteiger partial charge in [-0.2, -0.15) is 4.31 Å². The van der Waals surface area contributed by atoms with Crippen LogP contribution < -0.4 is 10.2 Å². The van der Waals surface area contributed by atoms with Gasteiger partial charge in [0.05, 0.1) is 10.4 Å². The van der Waals surface area contributed by atoms with Crippen LogP contribution in [0.2, 0.25) is 5.02 Å². The molecule has 2 heterocycles. The van der Waals surface area contributed by atoms with E-state index in [1.165, 1.54) is 10.4 Å². The second-order valence-corrected chi connectivity index (χ2v) is 11.3. The fourth-order valence-corrected chi connectivity index (χ4v) is 6.55. The standard InChI is InChI=1S/C24H28ClN3O4S/c1-17(2)26-22(29)18-7-9-19(10-8-18)28-16-13-24(23(28)30)11-14-27(15-12-24)33(31,32)21-6-4-3-5-20(21)25/h3-10,17H,11-16H2,1-2H3,(H,26,29). The first-order valence-corrected chi connectivity index (χ1v) is 12.9. The predicted octanol–water partition coefficient (Wildman–Crippen LogP) is 3.69. The highest BCUT2D eigenvalue weighted by atomic mass is 35.5. The molecular formula is C24H28ClN3O4S. The lowest BCUT2D eigenvalue weighted by atomic mass is 9.77. The van der Waals surface area contributed by atoms with Crippen molar-refractivity contribution in [2.75, 3.05) is 24.5 Å². The summed E-state index contributed by atoms with van der Waals surface area (Å²) in [5.41, 5.74) is 0.746. The van der Waals surface area contributed by atoms with E-state index >= 15 is 0 Å². The molecule has 2 aliphatic rings. The molecule has 2 aliphatic heterocycles. The summed E-state index contributed by atoms with van der Waals surface area (Å²) in [4.78, 5) is 27.4. The highest BCUT2D eigenvalue weighted by Crippen LogP contribution is 2.44. The van der Waals surface area contributed by atoms with Crippen LogP contribution in [-0.4, -0.2) is 50.2 Å². The lowest BCUT2D eigenvalue weighted by Gasteiger charge is -2.37. The van der Waals surface area contributed by atoms with Crippen molar-refractivity contribution in [2.24, 2.45) is 5.41 Å². The minimum atomic E-state index is -3.71. The Morgan fingerprint density at radius 3 is 2.21 bits per heavy atom. The molecule has 7 nitrogen and oxygen atoms in total. The van der Waals surface area contributed by atoms with Crippen LogP contribution in [0.4, 0.5) is 5.69 Å². The Balaban J connectivity index is 1.44. The third kappa shape index (κ3) is 4.52. The predicted molar refractivity (Wildman–Crippen MR) is 128 cm³/mol. The van der Waals surface area contributed by atoms with Crippen molar-refractivity contribution in [1.82, 2.24) is 9.62 Å². The Labute approximate surface area is 199 Å². The lowest BCUT2D eigenvalue weighted by Crippen LogP contribution is -2.46. The number of rotatable bonds is 5. The van der Waals surface area contributed by atoms with Crippen LogP contribution in [0.5, 0.6) is 0 Å². The first kappa shape index (κ1) is 23.7. The van der Waals surface area contributed by atoms with Crippen molar-refractivity contribution in [3.05, 3.63) is 59.1 Å². The van der Waals surface area contributed by atoms with Crippen molar-refractivity contribution >= 4 is 39.1 Å². The molecule has 0 unspecified atom stereocenters. The number of sulfonamides is 1. The number of hydrogen-bond donors (Lipinski definition) is 1. The Kier molecular flexibility index (Phi) is 6.53. The molecule has 4 rings (SSSR count). The third-order valence-electron chi connectivity index (χ3n) is 6.51. The molecule has 9 heteroatoms. The molecule has 0 atom stereocenters. The zero-order chi connectivity index (χ0) is 23.8. The molecule has 2 aromatic carbocycles. The summed E-state index contributed by atoms with van der Waals surface area (Å²) in [7, 11) is -3.71. The number of amides is 2. The smallest absolute Gasteiger partial charge is 0.251 e. The Hall–Kier alpha value is -2.42. The van der Waals surface area contributed by atoms with E-state index in [9.17, 15) is 18.0 Å². The van der Waals surface area contributed by atoms with Gasteiger partial charge in [0.2, 0.25) is 15.9 Å². The van der Waals surface area contributed by atoms with Crippen molar-refractivity contribution in [2.45, 2.75) is 44.0 Å². The first-order valence-electron chi connectivity index (χ1n) is 11.1. The average Bonchev–Trinajstić information content (AvgIpc) is 3.09. The molecule has 0 saturated carbocycles. The monoisotopic (exact) mass is 489 g/mol. The number of piperidine rings is 1. The maximum Gasteiger partial charge on any atom is 0.251 e. The van der Waals surface area contributed by atoms with E-state index in [-0.39, 0.29) is 40.9 Å². The molecule has 2 saturated heterocycles. The molecule has 0 bridgehead atoms. The second-order valence-electron chi connectivity index (χ2n) is 9.00. The molecule has 33 heavy (non-hydrogen) atoms. The van der Waals surface area contributed by atoms with Crippen LogP contribution in [0.3, 0.4) is 0 Å². The Morgan fingerprint density at radius 1 is 1.00 bits per heavy atom. The fourth-order valence-electron chi connectivity index (χ4n) is 4.62. The maximum atomic E-state index is 13.4. The summed E-state index contributed by atoms with van der Waals surface area (Å²) in [5.74, 6) is -0.121. The van der Waals surface area contributed by atoms with Crippen molar-refractivity contribution in [3.8, 4) is 0 Å². The number of benzene rings is 2. The van der Waals surface area contributed by atoms with Gasteiger partial charge in [-0.3, -0.25) is 9.59 Å². The van der Waals surface area contributed by atoms with E-state index in [0.29, 0.717) is 31.4 Å². The third-order valence-corrected chi connectivity index (χ3v) is 8.91. The Morgan fingerprint density at radius 2 is 1.61 bits per heavy atom. The quantitative estimate of drug-likeness (QED) is 0.694. The van der Waals surface area contributed by atoms with Gasteiger partial charge in [0.15, 0.2) is 0 Å². The number of nitrogens with one attached hydrogen (secondary N) is 1. The normalized spacial score (nSPS) is 18.8. The summed E-state index contributed by atoms with van der Waals surface area (Å²) in [6.07, 6.45) is 1.63. The largest absolute Gasteiger partial charge is 0.350 e. The highest BCUT2D eigenvalue weighted by Gasteiger charge is 2.50. The Bertz CT molecular complexity index is 1160. The molecule has 2 fully saturated rings. The number of hydrogen-bond acceptors (Lipinski definition) is 4. The maximum absolute atomic E-state index is 13.4. The molecule has 2 aromatic rings. The van der Waals surface area contributed by atoms with Crippen molar-refractivity contribution in [1.29, 1.82) is 0 Å². The number of carbonyl (C=O) groups excluding carboxylic acids is 2. The van der Waals surface area contributed by atoms with E-state index in [2.05, 4.69) is 5.32 Å². The van der Waals surface area contributed by atoms with Gasteiger partial charge in [-0.15, -0.1) is 0 Å². The van der Waals surface area contributed by atoms with E-state index in [1.807, 2.05) is 13.8 Å². The topological polar surface area (TPSA) is 86.8 Å². The number of nitrogens with zero attached hydrogens (tertiary/aromatic N) is 2. The summed E-state index contributed by atoms with van der Waals surface area (Å²) in [6, 6.07) is 13.5. The van der Waals surface area contributed by atoms with Gasteiger partial charge in [-0.1, -0.05) is 23.7 Å². The molecule has 1 spiro atoms. The van der Waals surface area contributed by atoms with Crippen LogP contribution in [0, 0.1) is 5.41 Å². The van der Waals surface area contributed by atoms with Crippen LogP contribution in [0.25, 0.3) is 0 Å². The van der Waals surface area contributed by atoms with E-state index in [0.717, 1.165) is 5.69 Å². The van der Waals surface area contributed by atoms with Gasteiger partial charge >= 0.3 is 0 Å². The first-order chi connectivity index (χ1) is 15.6. The zero-order valence-corrected chi connectivity index (χ0v) is 20.3. The van der Waals surface area contributed by atoms with E-state index in [1.54, 1.807) is 47.4 Å². The lowest BCUT2D eigenvalue weighted by molar-refractivity contribution is -0.127. The number of halogens is 1. The molecule has 2 amide bonds. The molecule has 0 radical (unpaired) electrons.